The van der Waals surface area contributed by atoms with Gasteiger partial charge in [-0.1, -0.05) is 0 Å². The minimum absolute atomic E-state index is 0.320. The van der Waals surface area contributed by atoms with E-state index in [1.54, 1.807) is 0 Å². The van der Waals surface area contributed by atoms with E-state index in [0.717, 1.165) is 6.07 Å². The van der Waals surface area contributed by atoms with Crippen molar-refractivity contribution in [2.75, 3.05) is 0 Å². The maximum absolute atomic E-state index is 12.2. The van der Waals surface area contributed by atoms with Gasteiger partial charge < -0.3 is 10.2 Å². The molecule has 0 saturated heterocycles. The first-order valence-corrected chi connectivity index (χ1v) is 4.63. The van der Waals surface area contributed by atoms with Crippen molar-refractivity contribution in [3.63, 3.8) is 0 Å². The Morgan fingerprint density at radius 3 is 2.27 bits per heavy atom. The monoisotopic (exact) mass is 221 g/mol. The summed E-state index contributed by atoms with van der Waals surface area (Å²) in [6.45, 7) is 3.64. The number of nitrogens with two attached hydrogens (primary N) is 1. The van der Waals surface area contributed by atoms with Crippen molar-refractivity contribution in [3.8, 4) is 0 Å². The Hall–Kier alpha value is -0.970. The number of alkyl halides is 3. The minimum atomic E-state index is -4.41. The molecule has 0 aliphatic carbocycles. The number of hydrogen-bond donors (Lipinski definition) is 1. The Balaban J connectivity index is 2.62. The molecule has 0 fully saturated rings. The number of aryl methyl sites for hydroxylation is 1. The third-order valence-corrected chi connectivity index (χ3v) is 1.96. The molecule has 0 bridgehead atoms. The molecule has 15 heavy (non-hydrogen) atoms. The first-order chi connectivity index (χ1) is 6.68. The van der Waals surface area contributed by atoms with Crippen LogP contribution in [0.4, 0.5) is 13.2 Å². The summed E-state index contributed by atoms with van der Waals surface area (Å²) >= 11 is 0. The van der Waals surface area contributed by atoms with Crippen LogP contribution in [0.2, 0.25) is 0 Å². The third kappa shape index (κ3) is 3.95. The van der Waals surface area contributed by atoms with Crippen LogP contribution in [0.3, 0.4) is 0 Å². The zero-order valence-electron chi connectivity index (χ0n) is 8.69. The van der Waals surface area contributed by atoms with E-state index < -0.39 is 17.5 Å². The van der Waals surface area contributed by atoms with E-state index in [1.165, 1.54) is 6.07 Å². The highest BCUT2D eigenvalue weighted by atomic mass is 19.4. The molecule has 0 spiro atoms. The Morgan fingerprint density at radius 2 is 1.87 bits per heavy atom. The molecule has 0 aliphatic rings. The van der Waals surface area contributed by atoms with Gasteiger partial charge in [-0.25, -0.2) is 0 Å². The SMILES string of the molecule is CC(C)(N)CCc1ccc(C(F)(F)F)o1. The number of furan rings is 1. The summed E-state index contributed by atoms with van der Waals surface area (Å²) in [6, 6.07) is 2.29. The minimum Gasteiger partial charge on any atom is -0.457 e. The summed E-state index contributed by atoms with van der Waals surface area (Å²) in [5, 5.41) is 0. The molecule has 5 heteroatoms. The molecule has 1 rings (SSSR count). The lowest BCUT2D eigenvalue weighted by Gasteiger charge is -2.16. The number of halogens is 3. The smallest absolute Gasteiger partial charge is 0.449 e. The largest absolute Gasteiger partial charge is 0.457 e. The summed E-state index contributed by atoms with van der Waals surface area (Å²) in [5.74, 6) is -0.631. The van der Waals surface area contributed by atoms with Crippen LogP contribution in [0.5, 0.6) is 0 Å². The standard InChI is InChI=1S/C10H14F3NO/c1-9(2,14)6-5-7-3-4-8(15-7)10(11,12)13/h3-4H,5-6,14H2,1-2H3. The fourth-order valence-electron chi connectivity index (χ4n) is 1.11. The van der Waals surface area contributed by atoms with Crippen molar-refractivity contribution >= 4 is 0 Å². The van der Waals surface area contributed by atoms with E-state index in [-0.39, 0.29) is 0 Å². The van der Waals surface area contributed by atoms with Gasteiger partial charge in [0, 0.05) is 12.0 Å². The van der Waals surface area contributed by atoms with Gasteiger partial charge in [0.15, 0.2) is 0 Å². The summed E-state index contributed by atoms with van der Waals surface area (Å²) in [5.41, 5.74) is 5.31. The highest BCUT2D eigenvalue weighted by molar-refractivity contribution is 5.10. The first-order valence-electron chi connectivity index (χ1n) is 4.63. The number of rotatable bonds is 3. The Labute approximate surface area is 86.3 Å². The molecule has 1 aromatic heterocycles. The van der Waals surface area contributed by atoms with Crippen molar-refractivity contribution in [1.29, 1.82) is 0 Å². The molecule has 1 heterocycles. The van der Waals surface area contributed by atoms with E-state index in [4.69, 9.17) is 5.73 Å². The lowest BCUT2D eigenvalue weighted by molar-refractivity contribution is -0.153. The van der Waals surface area contributed by atoms with E-state index in [2.05, 4.69) is 4.42 Å². The molecule has 0 aromatic carbocycles. The van der Waals surface area contributed by atoms with Gasteiger partial charge in [-0.2, -0.15) is 13.2 Å². The average molecular weight is 221 g/mol. The number of hydrogen-bond acceptors (Lipinski definition) is 2. The van der Waals surface area contributed by atoms with Crippen LogP contribution in [0.15, 0.2) is 16.5 Å². The fraction of sp³-hybridized carbons (Fsp3) is 0.600. The summed E-state index contributed by atoms with van der Waals surface area (Å²) in [4.78, 5) is 0. The van der Waals surface area contributed by atoms with Gasteiger partial charge in [0.2, 0.25) is 5.76 Å². The predicted octanol–water partition coefficient (Wildman–Crippen LogP) is 2.97. The van der Waals surface area contributed by atoms with E-state index in [0.29, 0.717) is 18.6 Å². The summed E-state index contributed by atoms with van der Waals surface area (Å²) in [6.07, 6.45) is -3.41. The first kappa shape index (κ1) is 12.1. The molecular weight excluding hydrogens is 207 g/mol. The van der Waals surface area contributed by atoms with Crippen LogP contribution in [0.25, 0.3) is 0 Å². The average Bonchev–Trinajstić information content (AvgIpc) is 2.45. The van der Waals surface area contributed by atoms with Gasteiger partial charge in [-0.15, -0.1) is 0 Å². The molecule has 0 amide bonds. The Morgan fingerprint density at radius 1 is 1.27 bits per heavy atom. The Bertz CT molecular complexity index is 322. The van der Waals surface area contributed by atoms with Crippen molar-refractivity contribution in [3.05, 3.63) is 23.7 Å². The zero-order valence-corrected chi connectivity index (χ0v) is 8.69. The van der Waals surface area contributed by atoms with Crippen LogP contribution < -0.4 is 5.73 Å². The van der Waals surface area contributed by atoms with Crippen LogP contribution in [0, 0.1) is 0 Å². The van der Waals surface area contributed by atoms with Crippen LogP contribution in [0.1, 0.15) is 31.8 Å². The van der Waals surface area contributed by atoms with Crippen molar-refractivity contribution in [2.24, 2.45) is 5.73 Å². The van der Waals surface area contributed by atoms with Crippen LogP contribution in [-0.2, 0) is 12.6 Å². The predicted molar refractivity (Wildman–Crippen MR) is 50.3 cm³/mol. The van der Waals surface area contributed by atoms with Gasteiger partial charge in [-0.3, -0.25) is 0 Å². The lowest BCUT2D eigenvalue weighted by atomic mass is 9.99. The quantitative estimate of drug-likeness (QED) is 0.852. The zero-order chi connectivity index (χ0) is 11.7. The maximum Gasteiger partial charge on any atom is 0.449 e. The van der Waals surface area contributed by atoms with E-state index in [1.807, 2.05) is 13.8 Å². The maximum atomic E-state index is 12.2. The topological polar surface area (TPSA) is 39.2 Å². The van der Waals surface area contributed by atoms with Gasteiger partial charge >= 0.3 is 6.18 Å². The van der Waals surface area contributed by atoms with E-state index >= 15 is 0 Å². The van der Waals surface area contributed by atoms with Crippen LogP contribution in [-0.4, -0.2) is 5.54 Å². The molecule has 1 aromatic rings. The van der Waals surface area contributed by atoms with Crippen molar-refractivity contribution in [2.45, 2.75) is 38.4 Å². The molecule has 0 saturated carbocycles. The van der Waals surface area contributed by atoms with Gasteiger partial charge in [0.25, 0.3) is 0 Å². The molecule has 0 atom stereocenters. The summed E-state index contributed by atoms with van der Waals surface area (Å²) < 4.78 is 41.1. The molecule has 86 valence electrons. The second kappa shape index (κ2) is 3.89. The second-order valence-electron chi connectivity index (χ2n) is 4.25. The molecule has 0 unspecified atom stereocenters. The van der Waals surface area contributed by atoms with Gasteiger partial charge in [-0.05, 0) is 32.4 Å². The molecular formula is C10H14F3NO. The third-order valence-electron chi connectivity index (χ3n) is 1.96. The Kier molecular flexibility index (Phi) is 3.13. The lowest BCUT2D eigenvalue weighted by Crippen LogP contribution is -2.32. The fourth-order valence-corrected chi connectivity index (χ4v) is 1.11. The van der Waals surface area contributed by atoms with Crippen LogP contribution >= 0.6 is 0 Å². The van der Waals surface area contributed by atoms with Crippen molar-refractivity contribution in [1.82, 2.24) is 0 Å². The second-order valence-corrected chi connectivity index (χ2v) is 4.25. The van der Waals surface area contributed by atoms with Gasteiger partial charge in [0.1, 0.15) is 5.76 Å². The van der Waals surface area contributed by atoms with Crippen molar-refractivity contribution < 1.29 is 17.6 Å². The highest BCUT2D eigenvalue weighted by Gasteiger charge is 2.34. The molecule has 2 nitrogen and oxygen atoms in total. The molecule has 0 radical (unpaired) electrons. The molecule has 2 N–H and O–H groups in total. The van der Waals surface area contributed by atoms with E-state index in [9.17, 15) is 13.2 Å². The molecule has 0 aliphatic heterocycles. The van der Waals surface area contributed by atoms with Gasteiger partial charge in [0.05, 0.1) is 0 Å². The highest BCUT2D eigenvalue weighted by Crippen LogP contribution is 2.31. The summed E-state index contributed by atoms with van der Waals surface area (Å²) in [7, 11) is 0. The normalized spacial score (nSPS) is 13.2.